The van der Waals surface area contributed by atoms with Gasteiger partial charge in [-0.3, -0.25) is 4.79 Å². The summed E-state index contributed by atoms with van der Waals surface area (Å²) in [6, 6.07) is 4.03. The molecule has 114 valence electrons. The lowest BCUT2D eigenvalue weighted by atomic mass is 9.63. The average molecular weight is 364 g/mol. The maximum atomic E-state index is 12.3. The number of hydrogen-bond acceptors (Lipinski definition) is 2. The number of carbonyl (C=O) groups is 1. The molecule has 0 aromatic heterocycles. The van der Waals surface area contributed by atoms with Crippen molar-refractivity contribution >= 4 is 21.8 Å². The lowest BCUT2D eigenvalue weighted by Gasteiger charge is -2.55. The summed E-state index contributed by atoms with van der Waals surface area (Å²) in [5.41, 5.74) is 0.502. The first-order valence-electron chi connectivity index (χ1n) is 6.63. The molecule has 1 aromatic rings. The Balaban J connectivity index is 1.73. The van der Waals surface area contributed by atoms with E-state index in [0.29, 0.717) is 13.1 Å². The zero-order valence-corrected chi connectivity index (χ0v) is 12.6. The van der Waals surface area contributed by atoms with Gasteiger partial charge in [0.05, 0.1) is 4.47 Å². The van der Waals surface area contributed by atoms with Crippen LogP contribution in [0, 0.1) is 5.41 Å². The zero-order chi connectivity index (χ0) is 15.3. The summed E-state index contributed by atoms with van der Waals surface area (Å²) in [4.78, 5) is 13.9. The minimum absolute atomic E-state index is 0.162. The maximum Gasteiger partial charge on any atom is 0.573 e. The molecule has 1 amide bonds. The van der Waals surface area contributed by atoms with Gasteiger partial charge in [-0.1, -0.05) is 6.42 Å². The fourth-order valence-corrected chi connectivity index (χ4v) is 3.25. The van der Waals surface area contributed by atoms with Crippen LogP contribution in [-0.4, -0.2) is 30.3 Å². The standard InChI is InChI=1S/C14H13BrF3NO2/c15-10-3-2-9(6-11(10)21-14(16,17)18)12(20)19-7-13(8-19)4-1-5-13/h2-3,6H,1,4-5,7-8H2. The van der Waals surface area contributed by atoms with Gasteiger partial charge in [0.1, 0.15) is 5.75 Å². The Morgan fingerprint density at radius 2 is 1.95 bits per heavy atom. The molecule has 1 aliphatic carbocycles. The number of ether oxygens (including phenoxy) is 1. The first-order valence-corrected chi connectivity index (χ1v) is 7.42. The molecule has 1 spiro atoms. The molecule has 0 radical (unpaired) electrons. The van der Waals surface area contributed by atoms with Crippen LogP contribution in [0.5, 0.6) is 5.75 Å². The number of likely N-dealkylation sites (tertiary alicyclic amines) is 1. The fourth-order valence-electron chi connectivity index (χ4n) is 2.92. The molecule has 3 nitrogen and oxygen atoms in total. The van der Waals surface area contributed by atoms with Crippen LogP contribution in [0.15, 0.2) is 22.7 Å². The second-order valence-electron chi connectivity index (χ2n) is 5.71. The molecule has 1 heterocycles. The van der Waals surface area contributed by atoms with Crippen LogP contribution in [-0.2, 0) is 0 Å². The molecule has 2 aliphatic rings. The Morgan fingerprint density at radius 1 is 1.29 bits per heavy atom. The first-order chi connectivity index (χ1) is 9.78. The van der Waals surface area contributed by atoms with Gasteiger partial charge in [0.2, 0.25) is 0 Å². The van der Waals surface area contributed by atoms with Crippen LogP contribution in [0.2, 0.25) is 0 Å². The van der Waals surface area contributed by atoms with Crippen molar-refractivity contribution in [3.8, 4) is 5.75 Å². The minimum atomic E-state index is -4.78. The Morgan fingerprint density at radius 3 is 2.48 bits per heavy atom. The highest BCUT2D eigenvalue weighted by molar-refractivity contribution is 9.10. The van der Waals surface area contributed by atoms with Crippen molar-refractivity contribution in [1.29, 1.82) is 0 Å². The summed E-state index contributed by atoms with van der Waals surface area (Å²) >= 11 is 2.99. The van der Waals surface area contributed by atoms with E-state index in [0.717, 1.165) is 18.9 Å². The molecule has 1 saturated carbocycles. The van der Waals surface area contributed by atoms with E-state index in [-0.39, 0.29) is 21.4 Å². The van der Waals surface area contributed by atoms with Crippen molar-refractivity contribution < 1.29 is 22.7 Å². The van der Waals surface area contributed by atoms with Gasteiger partial charge in [-0.25, -0.2) is 0 Å². The Labute approximate surface area is 128 Å². The van der Waals surface area contributed by atoms with Gasteiger partial charge in [0.15, 0.2) is 0 Å². The van der Waals surface area contributed by atoms with Gasteiger partial charge < -0.3 is 9.64 Å². The lowest BCUT2D eigenvalue weighted by molar-refractivity contribution is -0.274. The molecule has 0 unspecified atom stereocenters. The van der Waals surface area contributed by atoms with Gasteiger partial charge in [-0.15, -0.1) is 13.2 Å². The van der Waals surface area contributed by atoms with E-state index in [1.165, 1.54) is 18.6 Å². The van der Waals surface area contributed by atoms with Crippen molar-refractivity contribution in [2.24, 2.45) is 5.41 Å². The third kappa shape index (κ3) is 2.88. The van der Waals surface area contributed by atoms with E-state index in [1.54, 1.807) is 4.90 Å². The summed E-state index contributed by atoms with van der Waals surface area (Å²) in [6.07, 6.45) is -1.31. The van der Waals surface area contributed by atoms with E-state index in [2.05, 4.69) is 20.7 Å². The van der Waals surface area contributed by atoms with Gasteiger partial charge in [0.25, 0.3) is 5.91 Å². The molecule has 7 heteroatoms. The summed E-state index contributed by atoms with van der Waals surface area (Å²) in [6.45, 7) is 1.41. The summed E-state index contributed by atoms with van der Waals surface area (Å²) in [5.74, 6) is -0.640. The first kappa shape index (κ1) is 14.7. The molecule has 2 fully saturated rings. The number of hydrogen-bond donors (Lipinski definition) is 0. The van der Waals surface area contributed by atoms with E-state index in [9.17, 15) is 18.0 Å². The van der Waals surface area contributed by atoms with E-state index in [4.69, 9.17) is 0 Å². The van der Waals surface area contributed by atoms with Crippen LogP contribution in [0.3, 0.4) is 0 Å². The molecule has 1 aliphatic heterocycles. The number of benzene rings is 1. The second-order valence-corrected chi connectivity index (χ2v) is 6.56. The van der Waals surface area contributed by atoms with Crippen molar-refractivity contribution in [1.82, 2.24) is 4.90 Å². The summed E-state index contributed by atoms with van der Waals surface area (Å²) < 4.78 is 41.0. The largest absolute Gasteiger partial charge is 0.573 e. The van der Waals surface area contributed by atoms with Crippen LogP contribution in [0.25, 0.3) is 0 Å². The highest BCUT2D eigenvalue weighted by Crippen LogP contribution is 2.48. The predicted molar refractivity (Wildman–Crippen MR) is 73.0 cm³/mol. The molecule has 0 N–H and O–H groups in total. The van der Waals surface area contributed by atoms with E-state index in [1.807, 2.05) is 0 Å². The molecule has 1 saturated heterocycles. The van der Waals surface area contributed by atoms with Gasteiger partial charge in [0, 0.05) is 24.1 Å². The van der Waals surface area contributed by atoms with Crippen molar-refractivity contribution in [2.75, 3.05) is 13.1 Å². The topological polar surface area (TPSA) is 29.5 Å². The SMILES string of the molecule is O=C(c1ccc(Br)c(OC(F)(F)F)c1)N1CC2(CCC2)C1. The third-order valence-corrected chi connectivity index (χ3v) is 4.81. The molecule has 0 atom stereocenters. The van der Waals surface area contributed by atoms with Crippen molar-refractivity contribution in [2.45, 2.75) is 25.6 Å². The van der Waals surface area contributed by atoms with Crippen molar-refractivity contribution in [3.63, 3.8) is 0 Å². The van der Waals surface area contributed by atoms with Crippen molar-refractivity contribution in [3.05, 3.63) is 28.2 Å². The number of rotatable bonds is 2. The number of amides is 1. The second kappa shape index (κ2) is 4.90. The molecule has 1 aromatic carbocycles. The average Bonchev–Trinajstić information content (AvgIpc) is 2.26. The summed E-state index contributed by atoms with van der Waals surface area (Å²) in [5, 5.41) is 0. The number of alkyl halides is 3. The number of nitrogens with zero attached hydrogens (tertiary/aromatic N) is 1. The normalized spacial score (nSPS) is 19.9. The molecule has 3 rings (SSSR count). The van der Waals surface area contributed by atoms with Crippen LogP contribution in [0.1, 0.15) is 29.6 Å². The zero-order valence-electron chi connectivity index (χ0n) is 11.0. The van der Waals surface area contributed by atoms with Crippen LogP contribution < -0.4 is 4.74 Å². The smallest absolute Gasteiger partial charge is 0.405 e. The lowest BCUT2D eigenvalue weighted by Crippen LogP contribution is -2.61. The Hall–Kier alpha value is -1.24. The van der Waals surface area contributed by atoms with Gasteiger partial charge in [-0.2, -0.15) is 0 Å². The number of carbonyl (C=O) groups excluding carboxylic acids is 1. The minimum Gasteiger partial charge on any atom is -0.405 e. The van der Waals surface area contributed by atoms with Crippen LogP contribution >= 0.6 is 15.9 Å². The molecular weight excluding hydrogens is 351 g/mol. The Kier molecular flexibility index (Phi) is 3.43. The molecular formula is C14H13BrF3NO2. The number of halogens is 4. The quantitative estimate of drug-likeness (QED) is 0.795. The Bertz CT molecular complexity index is 576. The molecule has 21 heavy (non-hydrogen) atoms. The fraction of sp³-hybridized carbons (Fsp3) is 0.500. The van der Waals surface area contributed by atoms with Gasteiger partial charge >= 0.3 is 6.36 Å². The third-order valence-electron chi connectivity index (χ3n) is 4.16. The highest BCUT2D eigenvalue weighted by Gasteiger charge is 2.49. The van der Waals surface area contributed by atoms with E-state index < -0.39 is 12.1 Å². The predicted octanol–water partition coefficient (Wildman–Crippen LogP) is 3.97. The molecule has 0 bridgehead atoms. The summed E-state index contributed by atoms with van der Waals surface area (Å²) in [7, 11) is 0. The van der Waals surface area contributed by atoms with Gasteiger partial charge in [-0.05, 0) is 47.0 Å². The highest BCUT2D eigenvalue weighted by atomic mass is 79.9. The monoisotopic (exact) mass is 363 g/mol. The van der Waals surface area contributed by atoms with Crippen LogP contribution in [0.4, 0.5) is 13.2 Å². The van der Waals surface area contributed by atoms with E-state index >= 15 is 0 Å². The maximum absolute atomic E-state index is 12.3.